The normalized spacial score (nSPS) is 19.6. The lowest BCUT2D eigenvalue weighted by Crippen LogP contribution is -2.45. The highest BCUT2D eigenvalue weighted by Crippen LogP contribution is 2.31. The molecule has 0 spiro atoms. The van der Waals surface area contributed by atoms with Gasteiger partial charge in [-0.25, -0.2) is 4.39 Å². The van der Waals surface area contributed by atoms with Gasteiger partial charge in [-0.05, 0) is 44.2 Å². The lowest BCUT2D eigenvalue weighted by atomic mass is 10.1. The first-order valence-corrected chi connectivity index (χ1v) is 8.76. The van der Waals surface area contributed by atoms with Gasteiger partial charge >= 0.3 is 0 Å². The number of morpholine rings is 1. The fourth-order valence-corrected chi connectivity index (χ4v) is 3.28. The number of carbonyl (C=O) groups excluding carboxylic acids is 1. The fraction of sp³-hybridized carbons (Fsp3) is 0.350. The summed E-state index contributed by atoms with van der Waals surface area (Å²) in [5, 5.41) is 12.7. The predicted molar refractivity (Wildman–Crippen MR) is 101 cm³/mol. The van der Waals surface area contributed by atoms with Gasteiger partial charge in [-0.15, -0.1) is 0 Å². The molecule has 0 aliphatic carbocycles. The molecule has 0 aromatic heterocycles. The number of aromatic hydroxyl groups is 1. The number of phenols is 1. The molecule has 0 radical (unpaired) electrons. The van der Waals surface area contributed by atoms with Crippen molar-refractivity contribution in [2.75, 3.05) is 30.4 Å². The summed E-state index contributed by atoms with van der Waals surface area (Å²) in [5.74, 6) is -1.04. The number of amides is 1. The summed E-state index contributed by atoms with van der Waals surface area (Å²) in [6, 6.07) is 9.16. The van der Waals surface area contributed by atoms with Crippen LogP contribution in [0, 0.1) is 5.82 Å². The number of carbonyl (C=O) groups is 1. The van der Waals surface area contributed by atoms with Crippen LogP contribution in [0.4, 0.5) is 15.8 Å². The van der Waals surface area contributed by atoms with Gasteiger partial charge in [-0.2, -0.15) is 0 Å². The molecule has 1 saturated heterocycles. The Morgan fingerprint density at radius 1 is 1.26 bits per heavy atom. The van der Waals surface area contributed by atoms with E-state index < -0.39 is 11.7 Å². The highest BCUT2D eigenvalue weighted by Gasteiger charge is 2.24. The molecule has 1 heterocycles. The maximum Gasteiger partial charge on any atom is 0.259 e. The number of methoxy groups -OCH3 is 1. The lowest BCUT2D eigenvalue weighted by molar-refractivity contribution is -0.00539. The minimum Gasteiger partial charge on any atom is -0.504 e. The molecule has 1 amide bonds. The largest absolute Gasteiger partial charge is 0.504 e. The van der Waals surface area contributed by atoms with Gasteiger partial charge in [0.1, 0.15) is 5.82 Å². The van der Waals surface area contributed by atoms with Crippen molar-refractivity contribution < 1.29 is 23.8 Å². The molecule has 144 valence electrons. The Kier molecular flexibility index (Phi) is 5.51. The van der Waals surface area contributed by atoms with Gasteiger partial charge in [0.15, 0.2) is 11.5 Å². The average Bonchev–Trinajstić information content (AvgIpc) is 2.61. The molecule has 7 heteroatoms. The van der Waals surface area contributed by atoms with Gasteiger partial charge in [0.25, 0.3) is 5.91 Å². The zero-order valence-corrected chi connectivity index (χ0v) is 15.5. The molecule has 1 aliphatic heterocycles. The minimum atomic E-state index is -0.549. The fourth-order valence-electron chi connectivity index (χ4n) is 3.28. The molecule has 0 bridgehead atoms. The molecule has 27 heavy (non-hydrogen) atoms. The maximum absolute atomic E-state index is 14.6. The van der Waals surface area contributed by atoms with E-state index in [9.17, 15) is 14.3 Å². The van der Waals surface area contributed by atoms with Crippen molar-refractivity contribution in [2.24, 2.45) is 0 Å². The molecule has 1 aliphatic rings. The summed E-state index contributed by atoms with van der Waals surface area (Å²) in [6.07, 6.45) is 0.0344. The molecular weight excluding hydrogens is 351 g/mol. The summed E-state index contributed by atoms with van der Waals surface area (Å²) in [6.45, 7) is 5.11. The van der Waals surface area contributed by atoms with Crippen molar-refractivity contribution in [3.63, 3.8) is 0 Å². The van der Waals surface area contributed by atoms with E-state index in [0.29, 0.717) is 24.5 Å². The number of hydrogen-bond donors (Lipinski definition) is 2. The topological polar surface area (TPSA) is 71.0 Å². The standard InChI is InChI=1S/C20H23FN2O4/c1-12-10-23(11-13(2)27-12)17-8-7-14(9-16(17)21)22-20(25)15-5-4-6-18(26-3)19(15)24/h4-9,12-13,24H,10-11H2,1-3H3,(H,22,25)/t12-,13-/m1/s1. The third-order valence-corrected chi connectivity index (χ3v) is 4.43. The molecule has 2 N–H and O–H groups in total. The number of hydrogen-bond acceptors (Lipinski definition) is 5. The van der Waals surface area contributed by atoms with Gasteiger partial charge in [0.2, 0.25) is 0 Å². The Hall–Kier alpha value is -2.80. The molecular formula is C20H23FN2O4. The smallest absolute Gasteiger partial charge is 0.259 e. The number of nitrogens with one attached hydrogen (secondary N) is 1. The third-order valence-electron chi connectivity index (χ3n) is 4.43. The highest BCUT2D eigenvalue weighted by molar-refractivity contribution is 6.06. The molecule has 2 aromatic rings. The van der Waals surface area contributed by atoms with Crippen LogP contribution in [-0.2, 0) is 4.74 Å². The van der Waals surface area contributed by atoms with E-state index in [-0.39, 0.29) is 29.3 Å². The quantitative estimate of drug-likeness (QED) is 0.858. The monoisotopic (exact) mass is 374 g/mol. The van der Waals surface area contributed by atoms with E-state index in [2.05, 4.69) is 5.32 Å². The Morgan fingerprint density at radius 2 is 1.96 bits per heavy atom. The number of halogens is 1. The van der Waals surface area contributed by atoms with E-state index in [4.69, 9.17) is 9.47 Å². The van der Waals surface area contributed by atoms with Crippen LogP contribution in [0.2, 0.25) is 0 Å². The second kappa shape index (κ2) is 7.84. The van der Waals surface area contributed by atoms with Crippen LogP contribution in [0.3, 0.4) is 0 Å². The van der Waals surface area contributed by atoms with Crippen LogP contribution in [0.1, 0.15) is 24.2 Å². The van der Waals surface area contributed by atoms with Crippen LogP contribution in [0.25, 0.3) is 0 Å². The number of nitrogens with zero attached hydrogens (tertiary/aromatic N) is 1. The van der Waals surface area contributed by atoms with E-state index in [1.54, 1.807) is 24.3 Å². The molecule has 1 fully saturated rings. The van der Waals surface area contributed by atoms with Crippen molar-refractivity contribution in [3.8, 4) is 11.5 Å². The molecule has 0 unspecified atom stereocenters. The van der Waals surface area contributed by atoms with Gasteiger partial charge in [0, 0.05) is 18.8 Å². The number of para-hydroxylation sites is 1. The predicted octanol–water partition coefficient (Wildman–Crippen LogP) is 3.41. The van der Waals surface area contributed by atoms with E-state index in [0.717, 1.165) is 0 Å². The number of ether oxygens (including phenoxy) is 2. The molecule has 6 nitrogen and oxygen atoms in total. The summed E-state index contributed by atoms with van der Waals surface area (Å²) in [7, 11) is 1.40. The molecule has 3 rings (SSSR count). The van der Waals surface area contributed by atoms with Crippen molar-refractivity contribution in [3.05, 3.63) is 47.8 Å². The van der Waals surface area contributed by atoms with Crippen LogP contribution < -0.4 is 15.0 Å². The van der Waals surface area contributed by atoms with Crippen LogP contribution in [-0.4, -0.2) is 43.4 Å². The first-order valence-electron chi connectivity index (χ1n) is 8.76. The number of rotatable bonds is 4. The Morgan fingerprint density at radius 3 is 2.59 bits per heavy atom. The lowest BCUT2D eigenvalue weighted by Gasteiger charge is -2.37. The van der Waals surface area contributed by atoms with E-state index in [1.165, 1.54) is 19.2 Å². The van der Waals surface area contributed by atoms with Crippen molar-refractivity contribution >= 4 is 17.3 Å². The van der Waals surface area contributed by atoms with Crippen molar-refractivity contribution in [1.82, 2.24) is 0 Å². The maximum atomic E-state index is 14.6. The van der Waals surface area contributed by atoms with E-state index in [1.807, 2.05) is 18.7 Å². The van der Waals surface area contributed by atoms with Crippen molar-refractivity contribution in [2.45, 2.75) is 26.1 Å². The number of benzene rings is 2. The zero-order chi connectivity index (χ0) is 19.6. The van der Waals surface area contributed by atoms with Crippen LogP contribution in [0.15, 0.2) is 36.4 Å². The number of anilines is 2. The van der Waals surface area contributed by atoms with Crippen LogP contribution >= 0.6 is 0 Å². The van der Waals surface area contributed by atoms with Gasteiger partial charge in [-0.1, -0.05) is 6.07 Å². The van der Waals surface area contributed by atoms with Crippen molar-refractivity contribution in [1.29, 1.82) is 0 Å². The van der Waals surface area contributed by atoms with Gasteiger partial charge in [-0.3, -0.25) is 4.79 Å². The minimum absolute atomic E-state index is 0.0172. The van der Waals surface area contributed by atoms with Gasteiger partial charge in [0.05, 0.1) is 30.6 Å². The molecule has 2 aromatic carbocycles. The SMILES string of the molecule is COc1cccc(C(=O)Nc2ccc(N3C[C@@H](C)O[C@H](C)C3)c(F)c2)c1O. The first-order chi connectivity index (χ1) is 12.9. The average molecular weight is 374 g/mol. The Labute approximate surface area is 157 Å². The van der Waals surface area contributed by atoms with Crippen LogP contribution in [0.5, 0.6) is 11.5 Å². The Balaban J connectivity index is 1.77. The van der Waals surface area contributed by atoms with Gasteiger partial charge < -0.3 is 24.8 Å². The third kappa shape index (κ3) is 4.14. The first kappa shape index (κ1) is 19.0. The molecule has 2 atom stereocenters. The summed E-state index contributed by atoms with van der Waals surface area (Å²) >= 11 is 0. The zero-order valence-electron chi connectivity index (χ0n) is 15.5. The summed E-state index contributed by atoms with van der Waals surface area (Å²) in [5.41, 5.74) is 0.826. The summed E-state index contributed by atoms with van der Waals surface area (Å²) in [4.78, 5) is 14.3. The second-order valence-electron chi connectivity index (χ2n) is 6.64. The van der Waals surface area contributed by atoms with E-state index >= 15 is 0 Å². The second-order valence-corrected chi connectivity index (χ2v) is 6.64. The Bertz CT molecular complexity index is 833. The molecule has 0 saturated carbocycles. The summed E-state index contributed by atoms with van der Waals surface area (Å²) < 4.78 is 25.3. The number of phenolic OH excluding ortho intramolecular Hbond substituents is 1. The highest BCUT2D eigenvalue weighted by atomic mass is 19.1.